The molecule has 2 N–H and O–H groups in total. The van der Waals surface area contributed by atoms with Crippen LogP contribution in [0.4, 0.5) is 0 Å². The molecular formula is C12H17N3. The van der Waals surface area contributed by atoms with Crippen LogP contribution in [0.25, 0.3) is 11.0 Å². The predicted octanol–water partition coefficient (Wildman–Crippen LogP) is 2.24. The molecule has 0 bridgehead atoms. The van der Waals surface area contributed by atoms with Gasteiger partial charge in [-0.05, 0) is 50.6 Å². The fourth-order valence-electron chi connectivity index (χ4n) is 1.72. The summed E-state index contributed by atoms with van der Waals surface area (Å²) in [5.41, 5.74) is 3.39. The van der Waals surface area contributed by atoms with E-state index in [-0.39, 0.29) is 0 Å². The van der Waals surface area contributed by atoms with Gasteiger partial charge >= 0.3 is 0 Å². The molecule has 0 atom stereocenters. The van der Waals surface area contributed by atoms with Gasteiger partial charge in [-0.2, -0.15) is 0 Å². The molecule has 3 heteroatoms. The third-order valence-corrected chi connectivity index (χ3v) is 2.58. The molecule has 80 valence electrons. The van der Waals surface area contributed by atoms with E-state index in [1.165, 1.54) is 31.5 Å². The Morgan fingerprint density at radius 2 is 2.07 bits per heavy atom. The maximum Gasteiger partial charge on any atom is 0.0907 e. The van der Waals surface area contributed by atoms with Gasteiger partial charge in [-0.25, -0.2) is 0 Å². The average Bonchev–Trinajstić information content (AvgIpc) is 2.92. The third-order valence-electron chi connectivity index (χ3n) is 2.58. The Morgan fingerprint density at radius 1 is 1.27 bits per heavy atom. The number of hydrogen-bond donors (Lipinski definition) is 2. The van der Waals surface area contributed by atoms with Gasteiger partial charge in [0.15, 0.2) is 0 Å². The molecule has 2 aromatic heterocycles. The first kappa shape index (κ1) is 10.2. The minimum absolute atomic E-state index is 1.07. The highest BCUT2D eigenvalue weighted by atomic mass is 14.9. The molecule has 1 aliphatic rings. The second-order valence-electron chi connectivity index (χ2n) is 3.83. The number of nitrogens with zero attached hydrogens (tertiary/aromatic N) is 1. The lowest BCUT2D eigenvalue weighted by molar-refractivity contribution is 0.857. The molecule has 1 fully saturated rings. The zero-order valence-electron chi connectivity index (χ0n) is 9.09. The van der Waals surface area contributed by atoms with Gasteiger partial charge in [-0.15, -0.1) is 0 Å². The van der Waals surface area contributed by atoms with Gasteiger partial charge in [0.2, 0.25) is 0 Å². The average molecular weight is 203 g/mol. The van der Waals surface area contributed by atoms with Gasteiger partial charge in [0.05, 0.1) is 11.0 Å². The van der Waals surface area contributed by atoms with Crippen molar-refractivity contribution in [2.75, 3.05) is 13.1 Å². The molecule has 0 aliphatic carbocycles. The molecule has 0 radical (unpaired) electrons. The summed E-state index contributed by atoms with van der Waals surface area (Å²) in [7, 11) is 0. The van der Waals surface area contributed by atoms with Crippen LogP contribution >= 0.6 is 0 Å². The van der Waals surface area contributed by atoms with Crippen LogP contribution in [0, 0.1) is 6.92 Å². The lowest BCUT2D eigenvalue weighted by atomic mass is 10.3. The number of pyridine rings is 1. The van der Waals surface area contributed by atoms with Gasteiger partial charge in [-0.3, -0.25) is 4.98 Å². The van der Waals surface area contributed by atoms with Crippen molar-refractivity contribution in [2.24, 2.45) is 0 Å². The van der Waals surface area contributed by atoms with Gasteiger partial charge in [0.25, 0.3) is 0 Å². The van der Waals surface area contributed by atoms with Crippen LogP contribution < -0.4 is 5.32 Å². The SMILES string of the molecule is C1CCNC1.Cc1c[nH]c2cccnc12. The van der Waals surface area contributed by atoms with Crippen LogP contribution in [0.5, 0.6) is 0 Å². The van der Waals surface area contributed by atoms with Crippen molar-refractivity contribution in [1.29, 1.82) is 0 Å². The fourth-order valence-corrected chi connectivity index (χ4v) is 1.72. The first-order chi connectivity index (χ1) is 7.38. The second kappa shape index (κ2) is 4.94. The van der Waals surface area contributed by atoms with E-state index in [0.717, 1.165) is 11.0 Å². The molecule has 0 saturated carbocycles. The van der Waals surface area contributed by atoms with Crippen LogP contribution in [0.1, 0.15) is 18.4 Å². The van der Waals surface area contributed by atoms with Crippen molar-refractivity contribution in [2.45, 2.75) is 19.8 Å². The van der Waals surface area contributed by atoms with Gasteiger partial charge < -0.3 is 10.3 Å². The molecule has 0 unspecified atom stereocenters. The summed E-state index contributed by atoms with van der Waals surface area (Å²) in [5.74, 6) is 0. The molecular weight excluding hydrogens is 186 g/mol. The summed E-state index contributed by atoms with van der Waals surface area (Å²) >= 11 is 0. The highest BCUT2D eigenvalue weighted by molar-refractivity contribution is 5.77. The van der Waals surface area contributed by atoms with Crippen LogP contribution in [-0.2, 0) is 0 Å². The summed E-state index contributed by atoms with van der Waals surface area (Å²) in [6, 6.07) is 3.95. The molecule has 0 aromatic carbocycles. The van der Waals surface area contributed by atoms with Gasteiger partial charge in [0.1, 0.15) is 0 Å². The maximum atomic E-state index is 4.21. The van der Waals surface area contributed by atoms with E-state index in [0.29, 0.717) is 0 Å². The minimum Gasteiger partial charge on any atom is -0.360 e. The van der Waals surface area contributed by atoms with E-state index in [1.54, 1.807) is 0 Å². The summed E-state index contributed by atoms with van der Waals surface area (Å²) < 4.78 is 0. The summed E-state index contributed by atoms with van der Waals surface area (Å²) in [4.78, 5) is 7.33. The number of aromatic amines is 1. The topological polar surface area (TPSA) is 40.7 Å². The third kappa shape index (κ3) is 2.57. The molecule has 2 aromatic rings. The Kier molecular flexibility index (Phi) is 3.35. The van der Waals surface area contributed by atoms with E-state index in [1.807, 2.05) is 31.5 Å². The zero-order chi connectivity index (χ0) is 10.5. The lowest BCUT2D eigenvalue weighted by Gasteiger charge is -1.86. The Labute approximate surface area is 89.9 Å². The Hall–Kier alpha value is -1.35. The molecule has 0 spiro atoms. The first-order valence-electron chi connectivity index (χ1n) is 5.47. The summed E-state index contributed by atoms with van der Waals surface area (Å²) in [5, 5.41) is 3.22. The zero-order valence-corrected chi connectivity index (χ0v) is 9.09. The number of hydrogen-bond acceptors (Lipinski definition) is 2. The Bertz CT molecular complexity index is 408. The van der Waals surface area contributed by atoms with Gasteiger partial charge in [0, 0.05) is 12.4 Å². The van der Waals surface area contributed by atoms with E-state index in [9.17, 15) is 0 Å². The predicted molar refractivity (Wildman–Crippen MR) is 62.9 cm³/mol. The quantitative estimate of drug-likeness (QED) is 0.689. The minimum atomic E-state index is 1.07. The van der Waals surface area contributed by atoms with Crippen LogP contribution in [-0.4, -0.2) is 23.1 Å². The largest absolute Gasteiger partial charge is 0.360 e. The smallest absolute Gasteiger partial charge is 0.0907 e. The fraction of sp³-hybridized carbons (Fsp3) is 0.417. The van der Waals surface area contributed by atoms with Crippen molar-refractivity contribution in [3.8, 4) is 0 Å². The molecule has 3 rings (SSSR count). The standard InChI is InChI=1S/C8H8N2.C4H9N/c1-6-5-10-7-3-2-4-9-8(6)7;1-2-4-5-3-1/h2-5,10H,1H3;5H,1-4H2. The summed E-state index contributed by atoms with van der Waals surface area (Å²) in [6.45, 7) is 4.55. The highest BCUT2D eigenvalue weighted by Gasteiger charge is 1.96. The normalized spacial score (nSPS) is 15.0. The highest BCUT2D eigenvalue weighted by Crippen LogP contribution is 2.12. The van der Waals surface area contributed by atoms with E-state index >= 15 is 0 Å². The number of fused-ring (bicyclic) bond motifs is 1. The van der Waals surface area contributed by atoms with Gasteiger partial charge in [-0.1, -0.05) is 0 Å². The number of rotatable bonds is 0. The molecule has 1 aliphatic heterocycles. The lowest BCUT2D eigenvalue weighted by Crippen LogP contribution is -2.03. The van der Waals surface area contributed by atoms with Crippen molar-refractivity contribution < 1.29 is 0 Å². The Morgan fingerprint density at radius 3 is 2.67 bits per heavy atom. The number of aryl methyl sites for hydroxylation is 1. The second-order valence-corrected chi connectivity index (χ2v) is 3.83. The molecule has 3 nitrogen and oxygen atoms in total. The monoisotopic (exact) mass is 203 g/mol. The van der Waals surface area contributed by atoms with Crippen molar-refractivity contribution in [3.63, 3.8) is 0 Å². The van der Waals surface area contributed by atoms with Crippen molar-refractivity contribution >= 4 is 11.0 Å². The van der Waals surface area contributed by atoms with E-state index in [4.69, 9.17) is 0 Å². The van der Waals surface area contributed by atoms with Crippen LogP contribution in [0.2, 0.25) is 0 Å². The van der Waals surface area contributed by atoms with Crippen LogP contribution in [0.15, 0.2) is 24.5 Å². The van der Waals surface area contributed by atoms with E-state index < -0.39 is 0 Å². The number of nitrogens with one attached hydrogen (secondary N) is 2. The molecule has 0 amide bonds. The maximum absolute atomic E-state index is 4.21. The molecule has 3 heterocycles. The Balaban J connectivity index is 0.000000144. The first-order valence-corrected chi connectivity index (χ1v) is 5.47. The number of H-pyrrole nitrogens is 1. The van der Waals surface area contributed by atoms with E-state index in [2.05, 4.69) is 15.3 Å². The number of aromatic nitrogens is 2. The summed E-state index contributed by atoms with van der Waals surface area (Å²) in [6.07, 6.45) is 6.56. The molecule has 1 saturated heterocycles. The van der Waals surface area contributed by atoms with Crippen molar-refractivity contribution in [3.05, 3.63) is 30.1 Å². The molecule has 15 heavy (non-hydrogen) atoms. The van der Waals surface area contributed by atoms with Crippen molar-refractivity contribution in [1.82, 2.24) is 15.3 Å². The van der Waals surface area contributed by atoms with Crippen LogP contribution in [0.3, 0.4) is 0 Å².